The summed E-state index contributed by atoms with van der Waals surface area (Å²) in [5.74, 6) is -0.504. The zero-order valence-electron chi connectivity index (χ0n) is 11.7. The fraction of sp³-hybridized carbons (Fsp3) is 0.188. The van der Waals surface area contributed by atoms with Crippen LogP contribution in [0.25, 0.3) is 0 Å². The summed E-state index contributed by atoms with van der Waals surface area (Å²) in [5.41, 5.74) is 1.01. The summed E-state index contributed by atoms with van der Waals surface area (Å²) < 4.78 is 13.5. The number of halogens is 2. The lowest BCUT2D eigenvalue weighted by Crippen LogP contribution is -2.37. The maximum Gasteiger partial charge on any atom is 0.315 e. The normalized spacial score (nSPS) is 11.8. The Labute approximate surface area is 132 Å². The van der Waals surface area contributed by atoms with Gasteiger partial charge in [0.05, 0.1) is 6.10 Å². The van der Waals surface area contributed by atoms with E-state index in [4.69, 9.17) is 11.6 Å². The molecule has 2 aromatic rings. The van der Waals surface area contributed by atoms with Crippen molar-refractivity contribution < 1.29 is 14.3 Å². The smallest absolute Gasteiger partial charge is 0.315 e. The fourth-order valence-corrected chi connectivity index (χ4v) is 2.15. The summed E-state index contributed by atoms with van der Waals surface area (Å²) in [6.07, 6.45) is -1.10. The summed E-state index contributed by atoms with van der Waals surface area (Å²) in [5, 5.41) is 15.6. The molecule has 1 atom stereocenters. The van der Waals surface area contributed by atoms with E-state index < -0.39 is 18.0 Å². The van der Waals surface area contributed by atoms with Crippen LogP contribution in [0.4, 0.5) is 9.18 Å². The lowest BCUT2D eigenvalue weighted by Gasteiger charge is -2.13. The van der Waals surface area contributed by atoms with Gasteiger partial charge in [-0.1, -0.05) is 41.9 Å². The highest BCUT2D eigenvalue weighted by molar-refractivity contribution is 6.30. The maximum absolute atomic E-state index is 13.5. The minimum Gasteiger partial charge on any atom is -0.386 e. The number of hydrogen-bond acceptors (Lipinski definition) is 2. The number of hydrogen-bond donors (Lipinski definition) is 3. The first-order valence-electron chi connectivity index (χ1n) is 6.75. The third-order valence-electron chi connectivity index (χ3n) is 3.06. The van der Waals surface area contributed by atoms with Gasteiger partial charge in [0.2, 0.25) is 0 Å². The second-order valence-electron chi connectivity index (χ2n) is 4.73. The molecular weight excluding hydrogens is 307 g/mol. The number of carbonyl (C=O) groups excluding carboxylic acids is 1. The van der Waals surface area contributed by atoms with E-state index in [1.165, 1.54) is 18.2 Å². The summed E-state index contributed by atoms with van der Waals surface area (Å²) >= 11 is 5.85. The second kappa shape index (κ2) is 7.77. The van der Waals surface area contributed by atoms with Gasteiger partial charge in [-0.3, -0.25) is 0 Å². The highest BCUT2D eigenvalue weighted by Gasteiger charge is 2.13. The van der Waals surface area contributed by atoms with Gasteiger partial charge in [-0.15, -0.1) is 0 Å². The van der Waals surface area contributed by atoms with E-state index >= 15 is 0 Å². The molecule has 0 spiro atoms. The predicted molar refractivity (Wildman–Crippen MR) is 83.1 cm³/mol. The van der Waals surface area contributed by atoms with Crippen molar-refractivity contribution in [3.8, 4) is 0 Å². The molecule has 0 aliphatic rings. The third kappa shape index (κ3) is 4.72. The van der Waals surface area contributed by atoms with Crippen molar-refractivity contribution in [3.63, 3.8) is 0 Å². The highest BCUT2D eigenvalue weighted by atomic mass is 35.5. The first-order chi connectivity index (χ1) is 10.6. The molecule has 0 heterocycles. The Bertz CT molecular complexity index is 652. The molecule has 0 aliphatic carbocycles. The van der Waals surface area contributed by atoms with Crippen molar-refractivity contribution in [1.82, 2.24) is 10.6 Å². The van der Waals surface area contributed by atoms with Crippen molar-refractivity contribution in [2.75, 3.05) is 6.54 Å². The van der Waals surface area contributed by atoms with E-state index in [9.17, 15) is 14.3 Å². The first kappa shape index (κ1) is 16.3. The van der Waals surface area contributed by atoms with Gasteiger partial charge in [-0.05, 0) is 23.8 Å². The number of aliphatic hydroxyl groups excluding tert-OH is 1. The van der Waals surface area contributed by atoms with E-state index in [1.807, 2.05) is 6.07 Å². The SMILES string of the molecule is O=C(NCc1cccc(Cl)c1)NCC(O)c1ccccc1F. The quantitative estimate of drug-likeness (QED) is 0.792. The van der Waals surface area contributed by atoms with Crippen molar-refractivity contribution in [2.45, 2.75) is 12.6 Å². The zero-order chi connectivity index (χ0) is 15.9. The minimum atomic E-state index is -1.10. The van der Waals surface area contributed by atoms with Crippen LogP contribution in [-0.4, -0.2) is 17.7 Å². The van der Waals surface area contributed by atoms with Crippen LogP contribution < -0.4 is 10.6 Å². The molecule has 4 nitrogen and oxygen atoms in total. The van der Waals surface area contributed by atoms with E-state index in [2.05, 4.69) is 10.6 Å². The lowest BCUT2D eigenvalue weighted by atomic mass is 10.1. The number of carbonyl (C=O) groups is 1. The average molecular weight is 323 g/mol. The molecule has 0 aromatic heterocycles. The number of nitrogens with one attached hydrogen (secondary N) is 2. The van der Waals surface area contributed by atoms with Crippen LogP contribution in [0.5, 0.6) is 0 Å². The molecule has 0 radical (unpaired) electrons. The molecule has 2 aromatic carbocycles. The Morgan fingerprint density at radius 2 is 1.95 bits per heavy atom. The zero-order valence-corrected chi connectivity index (χ0v) is 12.5. The number of amides is 2. The summed E-state index contributed by atoms with van der Waals surface area (Å²) in [6, 6.07) is 12.6. The van der Waals surface area contributed by atoms with Gasteiger partial charge < -0.3 is 15.7 Å². The van der Waals surface area contributed by atoms with E-state index in [1.54, 1.807) is 24.3 Å². The number of aliphatic hydroxyl groups is 1. The fourth-order valence-electron chi connectivity index (χ4n) is 1.94. The standard InChI is InChI=1S/C16H16ClFN2O2/c17-12-5-3-4-11(8-12)9-19-16(22)20-10-15(21)13-6-1-2-7-14(13)18/h1-8,15,21H,9-10H2,(H2,19,20,22). The molecule has 0 saturated carbocycles. The van der Waals surface area contributed by atoms with Gasteiger partial charge in [-0.2, -0.15) is 0 Å². The Morgan fingerprint density at radius 1 is 1.18 bits per heavy atom. The van der Waals surface area contributed by atoms with Crippen LogP contribution in [0.3, 0.4) is 0 Å². The van der Waals surface area contributed by atoms with Crippen LogP contribution in [0.1, 0.15) is 17.2 Å². The van der Waals surface area contributed by atoms with Gasteiger partial charge in [0, 0.05) is 23.7 Å². The number of rotatable bonds is 5. The molecule has 0 saturated heterocycles. The maximum atomic E-state index is 13.5. The van der Waals surface area contributed by atoms with Gasteiger partial charge in [0.15, 0.2) is 0 Å². The molecular formula is C16H16ClFN2O2. The van der Waals surface area contributed by atoms with E-state index in [0.29, 0.717) is 11.6 Å². The van der Waals surface area contributed by atoms with E-state index in [-0.39, 0.29) is 12.1 Å². The molecule has 0 bridgehead atoms. The number of urea groups is 1. The molecule has 22 heavy (non-hydrogen) atoms. The van der Waals surface area contributed by atoms with Gasteiger partial charge >= 0.3 is 6.03 Å². The van der Waals surface area contributed by atoms with Crippen molar-refractivity contribution in [3.05, 3.63) is 70.5 Å². The van der Waals surface area contributed by atoms with Crippen molar-refractivity contribution in [1.29, 1.82) is 0 Å². The Hall–Kier alpha value is -2.11. The largest absolute Gasteiger partial charge is 0.386 e. The van der Waals surface area contributed by atoms with Gasteiger partial charge in [-0.25, -0.2) is 9.18 Å². The van der Waals surface area contributed by atoms with Crippen LogP contribution in [0.2, 0.25) is 5.02 Å². The predicted octanol–water partition coefficient (Wildman–Crippen LogP) is 3.01. The lowest BCUT2D eigenvalue weighted by molar-refractivity contribution is 0.169. The summed E-state index contributed by atoms with van der Waals surface area (Å²) in [4.78, 5) is 11.7. The van der Waals surface area contributed by atoms with Crippen LogP contribution in [-0.2, 0) is 6.54 Å². The minimum absolute atomic E-state index is 0.0810. The van der Waals surface area contributed by atoms with Crippen LogP contribution >= 0.6 is 11.6 Å². The molecule has 3 N–H and O–H groups in total. The van der Waals surface area contributed by atoms with Crippen molar-refractivity contribution >= 4 is 17.6 Å². The van der Waals surface area contributed by atoms with Crippen LogP contribution in [0.15, 0.2) is 48.5 Å². The third-order valence-corrected chi connectivity index (χ3v) is 3.30. The molecule has 0 aliphatic heterocycles. The monoisotopic (exact) mass is 322 g/mol. The summed E-state index contributed by atoms with van der Waals surface area (Å²) in [7, 11) is 0. The Balaban J connectivity index is 1.79. The molecule has 116 valence electrons. The average Bonchev–Trinajstić information content (AvgIpc) is 2.51. The molecule has 1 unspecified atom stereocenters. The van der Waals surface area contributed by atoms with Crippen molar-refractivity contribution in [2.24, 2.45) is 0 Å². The molecule has 2 amide bonds. The summed E-state index contributed by atoms with van der Waals surface area (Å²) in [6.45, 7) is 0.227. The first-order valence-corrected chi connectivity index (χ1v) is 7.12. The number of benzene rings is 2. The molecule has 2 rings (SSSR count). The molecule has 6 heteroatoms. The van der Waals surface area contributed by atoms with Gasteiger partial charge in [0.1, 0.15) is 5.82 Å². The van der Waals surface area contributed by atoms with Gasteiger partial charge in [0.25, 0.3) is 0 Å². The van der Waals surface area contributed by atoms with Crippen LogP contribution in [0, 0.1) is 5.82 Å². The van der Waals surface area contributed by atoms with E-state index in [0.717, 1.165) is 5.56 Å². The highest BCUT2D eigenvalue weighted by Crippen LogP contribution is 2.15. The Morgan fingerprint density at radius 3 is 2.68 bits per heavy atom. The Kier molecular flexibility index (Phi) is 5.75. The second-order valence-corrected chi connectivity index (χ2v) is 5.17. The molecule has 0 fully saturated rings. The topological polar surface area (TPSA) is 61.4 Å².